The molecule has 1 saturated carbocycles. The van der Waals surface area contributed by atoms with Gasteiger partial charge in [-0.25, -0.2) is 0 Å². The third kappa shape index (κ3) is 2.19. The van der Waals surface area contributed by atoms with E-state index in [1.165, 1.54) is 0 Å². The van der Waals surface area contributed by atoms with Gasteiger partial charge in [-0.15, -0.1) is 23.2 Å². The molecular formula is C13H5Br3Cl6. The van der Waals surface area contributed by atoms with Crippen molar-refractivity contribution in [3.63, 3.8) is 0 Å². The fraction of sp³-hybridized carbons (Fsp3) is 0.385. The lowest BCUT2D eigenvalue weighted by molar-refractivity contribution is 0.598. The van der Waals surface area contributed by atoms with Gasteiger partial charge in [0.15, 0.2) is 4.33 Å². The number of allylic oxidation sites excluding steroid dienone is 2. The Morgan fingerprint density at radius 1 is 0.864 bits per heavy atom. The van der Waals surface area contributed by atoms with Crippen LogP contribution < -0.4 is 0 Å². The van der Waals surface area contributed by atoms with Crippen LogP contribution in [0.2, 0.25) is 0 Å². The Labute approximate surface area is 183 Å². The summed E-state index contributed by atoms with van der Waals surface area (Å²) in [5, 5.41) is 0.428. The topological polar surface area (TPSA) is 0 Å². The quantitative estimate of drug-likeness (QED) is 0.221. The maximum absolute atomic E-state index is 6.82. The molecule has 120 valence electrons. The summed E-state index contributed by atoms with van der Waals surface area (Å²) in [4.78, 5) is -2.49. The molecule has 0 nitrogen and oxygen atoms in total. The van der Waals surface area contributed by atoms with Gasteiger partial charge in [0.25, 0.3) is 0 Å². The van der Waals surface area contributed by atoms with E-state index >= 15 is 0 Å². The lowest BCUT2D eigenvalue weighted by Crippen LogP contribution is -2.43. The first-order valence-corrected chi connectivity index (χ1v) is 10.6. The van der Waals surface area contributed by atoms with Gasteiger partial charge in [-0.05, 0) is 56.0 Å². The molecule has 0 amide bonds. The minimum absolute atomic E-state index is 0.207. The zero-order valence-electron chi connectivity index (χ0n) is 10.3. The zero-order chi connectivity index (χ0) is 16.7. The van der Waals surface area contributed by atoms with Gasteiger partial charge in [0.2, 0.25) is 0 Å². The first kappa shape index (κ1) is 18.9. The van der Waals surface area contributed by atoms with Crippen molar-refractivity contribution in [2.75, 3.05) is 0 Å². The predicted octanol–water partition coefficient (Wildman–Crippen LogP) is 8.29. The number of rotatable bonds is 1. The minimum atomic E-state index is -1.51. The van der Waals surface area contributed by atoms with E-state index in [0.29, 0.717) is 6.42 Å². The molecule has 2 aliphatic rings. The molecule has 0 aliphatic heterocycles. The average Bonchev–Trinajstić information content (AvgIpc) is 2.65. The SMILES string of the molecule is ClC1=C(Cl)C2(Cl)C(c3cc(Br)c(Br)cc3Br)CC1(Cl)C2(Cl)Cl. The van der Waals surface area contributed by atoms with Crippen molar-refractivity contribution in [3.05, 3.63) is 41.2 Å². The van der Waals surface area contributed by atoms with E-state index in [-0.39, 0.29) is 16.0 Å². The van der Waals surface area contributed by atoms with Gasteiger partial charge < -0.3 is 0 Å². The normalized spacial score (nSPS) is 36.3. The van der Waals surface area contributed by atoms with E-state index in [4.69, 9.17) is 69.6 Å². The highest BCUT2D eigenvalue weighted by Crippen LogP contribution is 2.76. The van der Waals surface area contributed by atoms with Crippen LogP contribution in [-0.4, -0.2) is 14.1 Å². The van der Waals surface area contributed by atoms with Crippen LogP contribution in [0.25, 0.3) is 0 Å². The second-order valence-electron chi connectivity index (χ2n) is 5.26. The molecule has 3 atom stereocenters. The summed E-state index contributed by atoms with van der Waals surface area (Å²) in [5.41, 5.74) is 0.903. The maximum atomic E-state index is 6.82. The highest BCUT2D eigenvalue weighted by Gasteiger charge is 2.78. The summed E-state index contributed by atoms with van der Waals surface area (Å²) in [6.45, 7) is 0. The fourth-order valence-electron chi connectivity index (χ4n) is 3.04. The van der Waals surface area contributed by atoms with Gasteiger partial charge in [-0.2, -0.15) is 0 Å². The third-order valence-corrected chi connectivity index (χ3v) is 11.0. The van der Waals surface area contributed by atoms with Gasteiger partial charge in [0, 0.05) is 19.3 Å². The molecule has 1 aromatic carbocycles. The first-order chi connectivity index (χ1) is 9.98. The Hall–Kier alpha value is 2.14. The molecule has 0 saturated heterocycles. The van der Waals surface area contributed by atoms with Crippen molar-refractivity contribution in [2.24, 2.45) is 0 Å². The third-order valence-electron chi connectivity index (χ3n) is 4.20. The van der Waals surface area contributed by atoms with E-state index < -0.39 is 14.1 Å². The Morgan fingerprint density at radius 2 is 1.41 bits per heavy atom. The molecule has 0 N–H and O–H groups in total. The number of hydrogen-bond donors (Lipinski definition) is 0. The van der Waals surface area contributed by atoms with E-state index in [1.54, 1.807) is 0 Å². The van der Waals surface area contributed by atoms with Gasteiger partial charge in [-0.3, -0.25) is 0 Å². The van der Waals surface area contributed by atoms with Gasteiger partial charge in [-0.1, -0.05) is 62.3 Å². The Kier molecular flexibility index (Phi) is 5.01. The Balaban J connectivity index is 2.23. The van der Waals surface area contributed by atoms with Crippen LogP contribution in [-0.2, 0) is 0 Å². The predicted molar refractivity (Wildman–Crippen MR) is 107 cm³/mol. The number of hydrogen-bond acceptors (Lipinski definition) is 0. The molecule has 22 heavy (non-hydrogen) atoms. The van der Waals surface area contributed by atoms with Crippen molar-refractivity contribution in [1.29, 1.82) is 0 Å². The zero-order valence-corrected chi connectivity index (χ0v) is 19.6. The van der Waals surface area contributed by atoms with Gasteiger partial charge in [0.05, 0.1) is 10.1 Å². The maximum Gasteiger partial charge on any atom is 0.166 e. The van der Waals surface area contributed by atoms with Crippen molar-refractivity contribution in [3.8, 4) is 0 Å². The van der Waals surface area contributed by atoms with Gasteiger partial charge in [0.1, 0.15) is 9.75 Å². The minimum Gasteiger partial charge on any atom is -0.110 e. The molecule has 0 aromatic heterocycles. The summed E-state index contributed by atoms with van der Waals surface area (Å²) in [6.07, 6.45) is 0.382. The molecule has 3 rings (SSSR count). The lowest BCUT2D eigenvalue weighted by atomic mass is 9.86. The van der Waals surface area contributed by atoms with Crippen LogP contribution in [0, 0.1) is 0 Å². The number of halogens is 9. The van der Waals surface area contributed by atoms with E-state index in [1.807, 2.05) is 12.1 Å². The van der Waals surface area contributed by atoms with Crippen molar-refractivity contribution >= 4 is 117 Å². The van der Waals surface area contributed by atoms with Crippen molar-refractivity contribution in [2.45, 2.75) is 26.4 Å². The van der Waals surface area contributed by atoms with E-state index in [9.17, 15) is 0 Å². The van der Waals surface area contributed by atoms with Crippen molar-refractivity contribution in [1.82, 2.24) is 0 Å². The smallest absolute Gasteiger partial charge is 0.110 e. The summed E-state index contributed by atoms with van der Waals surface area (Å²) >= 11 is 49.6. The standard InChI is InChI=1S/C13H5Br3Cl6/c14-6-2-8(16)7(15)1-4(6)5-3-11(19)9(17)10(18)12(5,20)13(11,21)22/h1-2,5H,3H2. The van der Waals surface area contributed by atoms with E-state index in [0.717, 1.165) is 19.0 Å². The average molecular weight is 614 g/mol. The summed E-state index contributed by atoms with van der Waals surface area (Å²) in [5.74, 6) is -0.296. The molecule has 2 bridgehead atoms. The molecule has 0 radical (unpaired) electrons. The van der Waals surface area contributed by atoms with Crippen LogP contribution in [0.3, 0.4) is 0 Å². The second-order valence-corrected chi connectivity index (χ2v) is 11.1. The second kappa shape index (κ2) is 5.82. The van der Waals surface area contributed by atoms with E-state index in [2.05, 4.69) is 47.8 Å². The summed E-state index contributed by atoms with van der Waals surface area (Å²) < 4.78 is 1.11. The largest absolute Gasteiger partial charge is 0.166 e. The summed E-state index contributed by atoms with van der Waals surface area (Å²) in [6, 6.07) is 3.85. The molecule has 0 spiro atoms. The molecule has 3 unspecified atom stereocenters. The van der Waals surface area contributed by atoms with Crippen LogP contribution in [0.1, 0.15) is 17.9 Å². The molecule has 1 aromatic rings. The van der Waals surface area contributed by atoms with Crippen LogP contribution in [0.5, 0.6) is 0 Å². The molecule has 2 aliphatic carbocycles. The van der Waals surface area contributed by atoms with Crippen molar-refractivity contribution < 1.29 is 0 Å². The van der Waals surface area contributed by atoms with Crippen LogP contribution in [0.4, 0.5) is 0 Å². The Morgan fingerprint density at radius 3 is 1.91 bits per heavy atom. The fourth-order valence-corrected chi connectivity index (χ4v) is 7.46. The number of alkyl halides is 4. The molecule has 9 heteroatoms. The van der Waals surface area contributed by atoms with Crippen LogP contribution in [0.15, 0.2) is 35.6 Å². The lowest BCUT2D eigenvalue weighted by Gasteiger charge is -2.34. The summed E-state index contributed by atoms with van der Waals surface area (Å²) in [7, 11) is 0. The van der Waals surface area contributed by atoms with Gasteiger partial charge >= 0.3 is 0 Å². The Bertz CT molecular complexity index is 718. The van der Waals surface area contributed by atoms with Crippen LogP contribution >= 0.6 is 117 Å². The molecule has 1 fully saturated rings. The molecular weight excluding hydrogens is 609 g/mol. The highest BCUT2D eigenvalue weighted by molar-refractivity contribution is 9.13. The number of fused-ring (bicyclic) bond motifs is 2. The molecule has 0 heterocycles. The monoisotopic (exact) mass is 608 g/mol. The number of benzene rings is 1. The first-order valence-electron chi connectivity index (χ1n) is 5.94. The highest BCUT2D eigenvalue weighted by atomic mass is 79.9.